The highest BCUT2D eigenvalue weighted by atomic mass is 16.5. The molecule has 0 spiro atoms. The van der Waals surface area contributed by atoms with Gasteiger partial charge in [-0.3, -0.25) is 4.79 Å². The van der Waals surface area contributed by atoms with E-state index in [2.05, 4.69) is 6.58 Å². The van der Waals surface area contributed by atoms with Crippen LogP contribution in [0.2, 0.25) is 0 Å². The van der Waals surface area contributed by atoms with Crippen LogP contribution in [-0.4, -0.2) is 44.7 Å². The first-order valence-electron chi connectivity index (χ1n) is 5.96. The highest BCUT2D eigenvalue weighted by Crippen LogP contribution is 2.22. The maximum absolute atomic E-state index is 12.5. The van der Waals surface area contributed by atoms with Crippen molar-refractivity contribution < 1.29 is 14.3 Å². The molecule has 0 aliphatic heterocycles. The van der Waals surface area contributed by atoms with Gasteiger partial charge < -0.3 is 20.1 Å². The Labute approximate surface area is 113 Å². The lowest BCUT2D eigenvalue weighted by Crippen LogP contribution is -2.34. The van der Waals surface area contributed by atoms with Crippen LogP contribution >= 0.6 is 0 Å². The molecular weight excluding hydrogens is 244 g/mol. The maximum atomic E-state index is 12.5. The summed E-state index contributed by atoms with van der Waals surface area (Å²) in [5.41, 5.74) is 6.69. The van der Waals surface area contributed by atoms with Gasteiger partial charge in [0.1, 0.15) is 5.75 Å². The Morgan fingerprint density at radius 1 is 1.47 bits per heavy atom. The molecule has 0 saturated carbocycles. The lowest BCUT2D eigenvalue weighted by molar-refractivity contribution is 0.0715. The molecule has 0 aliphatic rings. The van der Waals surface area contributed by atoms with Crippen LogP contribution < -0.4 is 10.5 Å². The molecular formula is C14H20N2O3. The van der Waals surface area contributed by atoms with E-state index in [4.69, 9.17) is 15.2 Å². The Morgan fingerprint density at radius 3 is 2.79 bits per heavy atom. The number of methoxy groups -OCH3 is 2. The summed E-state index contributed by atoms with van der Waals surface area (Å²) in [6, 6.07) is 5.00. The average Bonchev–Trinajstić information content (AvgIpc) is 2.42. The van der Waals surface area contributed by atoms with Crippen LogP contribution in [0, 0.1) is 0 Å². The van der Waals surface area contributed by atoms with Crippen molar-refractivity contribution in [3.63, 3.8) is 0 Å². The number of ether oxygens (including phenoxy) is 2. The van der Waals surface area contributed by atoms with Gasteiger partial charge in [0.2, 0.25) is 0 Å². The monoisotopic (exact) mass is 264 g/mol. The van der Waals surface area contributed by atoms with E-state index in [-0.39, 0.29) is 5.91 Å². The molecule has 0 fully saturated rings. The summed E-state index contributed by atoms with van der Waals surface area (Å²) in [6.07, 6.45) is 1.67. The second kappa shape index (κ2) is 7.43. The topological polar surface area (TPSA) is 64.8 Å². The zero-order valence-corrected chi connectivity index (χ0v) is 11.4. The van der Waals surface area contributed by atoms with Crippen LogP contribution in [0.5, 0.6) is 5.75 Å². The van der Waals surface area contributed by atoms with Crippen molar-refractivity contribution in [3.8, 4) is 5.75 Å². The largest absolute Gasteiger partial charge is 0.496 e. The van der Waals surface area contributed by atoms with E-state index in [0.29, 0.717) is 36.7 Å². The smallest absolute Gasteiger partial charge is 0.258 e. The van der Waals surface area contributed by atoms with Crippen molar-refractivity contribution in [3.05, 3.63) is 36.4 Å². The second-order valence-corrected chi connectivity index (χ2v) is 3.99. The van der Waals surface area contributed by atoms with Crippen molar-refractivity contribution in [2.45, 2.75) is 0 Å². The summed E-state index contributed by atoms with van der Waals surface area (Å²) in [5, 5.41) is 0. The van der Waals surface area contributed by atoms with Crippen molar-refractivity contribution >= 4 is 11.6 Å². The van der Waals surface area contributed by atoms with Gasteiger partial charge in [0.05, 0.1) is 19.3 Å². The van der Waals surface area contributed by atoms with Crippen LogP contribution in [0.25, 0.3) is 0 Å². The molecule has 104 valence electrons. The molecule has 1 aromatic rings. The number of carbonyl (C=O) groups is 1. The molecule has 0 aromatic heterocycles. The molecule has 0 bridgehead atoms. The molecule has 0 atom stereocenters. The van der Waals surface area contributed by atoms with Gasteiger partial charge in [-0.15, -0.1) is 6.58 Å². The molecule has 0 saturated heterocycles. The van der Waals surface area contributed by atoms with Gasteiger partial charge in [-0.1, -0.05) is 6.08 Å². The number of benzene rings is 1. The third-order valence-corrected chi connectivity index (χ3v) is 2.66. The highest BCUT2D eigenvalue weighted by Gasteiger charge is 2.18. The normalized spacial score (nSPS) is 10.0. The standard InChI is InChI=1S/C14H20N2O3/c1-4-7-16(8-9-18-2)14(17)12-10-11(15)5-6-13(12)19-3/h4-6,10H,1,7-9,15H2,2-3H3. The molecule has 5 nitrogen and oxygen atoms in total. The molecule has 2 N–H and O–H groups in total. The fraction of sp³-hybridized carbons (Fsp3) is 0.357. The van der Waals surface area contributed by atoms with Gasteiger partial charge in [0.15, 0.2) is 0 Å². The molecule has 19 heavy (non-hydrogen) atoms. The summed E-state index contributed by atoms with van der Waals surface area (Å²) in [5.74, 6) is 0.353. The minimum Gasteiger partial charge on any atom is -0.496 e. The minimum absolute atomic E-state index is 0.152. The van der Waals surface area contributed by atoms with Gasteiger partial charge in [0.25, 0.3) is 5.91 Å². The molecule has 0 unspecified atom stereocenters. The fourth-order valence-corrected chi connectivity index (χ4v) is 1.70. The molecule has 0 aliphatic carbocycles. The molecule has 1 aromatic carbocycles. The Morgan fingerprint density at radius 2 is 2.21 bits per heavy atom. The van der Waals surface area contributed by atoms with Crippen molar-refractivity contribution in [1.29, 1.82) is 0 Å². The number of nitrogens with zero attached hydrogens (tertiary/aromatic N) is 1. The van der Waals surface area contributed by atoms with Crippen LogP contribution in [0.1, 0.15) is 10.4 Å². The second-order valence-electron chi connectivity index (χ2n) is 3.99. The van der Waals surface area contributed by atoms with Crippen molar-refractivity contribution in [1.82, 2.24) is 4.90 Å². The van der Waals surface area contributed by atoms with Gasteiger partial charge in [-0.25, -0.2) is 0 Å². The quantitative estimate of drug-likeness (QED) is 0.599. The summed E-state index contributed by atoms with van der Waals surface area (Å²) in [6.45, 7) is 5.05. The first-order chi connectivity index (χ1) is 9.13. The van der Waals surface area contributed by atoms with Crippen LogP contribution in [0.15, 0.2) is 30.9 Å². The number of nitrogens with two attached hydrogens (primary N) is 1. The number of rotatable bonds is 7. The summed E-state index contributed by atoms with van der Waals surface area (Å²) < 4.78 is 10.2. The number of amides is 1. The van der Waals surface area contributed by atoms with E-state index in [1.165, 1.54) is 7.11 Å². The Kier molecular flexibility index (Phi) is 5.89. The van der Waals surface area contributed by atoms with Gasteiger partial charge in [-0.05, 0) is 18.2 Å². The number of hydrogen-bond acceptors (Lipinski definition) is 4. The Hall–Kier alpha value is -2.01. The molecule has 5 heteroatoms. The summed E-state index contributed by atoms with van der Waals surface area (Å²) in [7, 11) is 3.12. The highest BCUT2D eigenvalue weighted by molar-refractivity contribution is 5.98. The van der Waals surface area contributed by atoms with Gasteiger partial charge >= 0.3 is 0 Å². The Balaban J connectivity index is 3.00. The minimum atomic E-state index is -0.152. The zero-order chi connectivity index (χ0) is 14.3. The first kappa shape index (κ1) is 15.0. The summed E-state index contributed by atoms with van der Waals surface area (Å²) in [4.78, 5) is 14.1. The van der Waals surface area contributed by atoms with E-state index in [0.717, 1.165) is 0 Å². The predicted octanol–water partition coefficient (Wildman–Crippen LogP) is 1.55. The van der Waals surface area contributed by atoms with E-state index < -0.39 is 0 Å². The van der Waals surface area contributed by atoms with Crippen molar-refractivity contribution in [2.24, 2.45) is 0 Å². The van der Waals surface area contributed by atoms with E-state index in [1.54, 1.807) is 36.3 Å². The van der Waals surface area contributed by atoms with E-state index in [9.17, 15) is 4.79 Å². The number of carbonyl (C=O) groups excluding carboxylic acids is 1. The molecule has 0 heterocycles. The number of nitrogen functional groups attached to an aromatic ring is 1. The molecule has 0 radical (unpaired) electrons. The van der Waals surface area contributed by atoms with Crippen LogP contribution in [0.4, 0.5) is 5.69 Å². The molecule has 1 rings (SSSR count). The lowest BCUT2D eigenvalue weighted by Gasteiger charge is -2.22. The average molecular weight is 264 g/mol. The zero-order valence-electron chi connectivity index (χ0n) is 11.4. The number of anilines is 1. The summed E-state index contributed by atoms with van der Waals surface area (Å²) >= 11 is 0. The van der Waals surface area contributed by atoms with Crippen molar-refractivity contribution in [2.75, 3.05) is 39.6 Å². The van der Waals surface area contributed by atoms with Gasteiger partial charge in [-0.2, -0.15) is 0 Å². The van der Waals surface area contributed by atoms with Crippen LogP contribution in [-0.2, 0) is 4.74 Å². The first-order valence-corrected chi connectivity index (χ1v) is 5.96. The number of hydrogen-bond donors (Lipinski definition) is 1. The molecule has 1 amide bonds. The maximum Gasteiger partial charge on any atom is 0.258 e. The predicted molar refractivity (Wildman–Crippen MR) is 75.4 cm³/mol. The fourth-order valence-electron chi connectivity index (χ4n) is 1.70. The third kappa shape index (κ3) is 3.99. The Bertz CT molecular complexity index is 446. The third-order valence-electron chi connectivity index (χ3n) is 2.66. The SMILES string of the molecule is C=CCN(CCOC)C(=O)c1cc(N)ccc1OC. The lowest BCUT2D eigenvalue weighted by atomic mass is 10.1. The van der Waals surface area contributed by atoms with E-state index >= 15 is 0 Å². The van der Waals surface area contributed by atoms with E-state index in [1.807, 2.05) is 0 Å². The van der Waals surface area contributed by atoms with Crippen LogP contribution in [0.3, 0.4) is 0 Å². The van der Waals surface area contributed by atoms with Gasteiger partial charge in [0, 0.05) is 25.9 Å².